The summed E-state index contributed by atoms with van der Waals surface area (Å²) in [6.07, 6.45) is 6.31. The number of anilines is 4. The van der Waals surface area contributed by atoms with E-state index >= 15 is 0 Å². The number of aromatic hydroxyl groups is 1. The van der Waals surface area contributed by atoms with E-state index in [1.54, 1.807) is 60.7 Å². The predicted molar refractivity (Wildman–Crippen MR) is 250 cm³/mol. The van der Waals surface area contributed by atoms with E-state index in [9.17, 15) is 24.3 Å². The maximum atomic E-state index is 14.6. The van der Waals surface area contributed by atoms with Crippen LogP contribution in [-0.2, 0) is 19.2 Å². The van der Waals surface area contributed by atoms with Crippen molar-refractivity contribution in [2.24, 2.45) is 56.0 Å². The molecule has 2 aliphatic carbocycles. The number of carbonyl (C=O) groups is 4. The van der Waals surface area contributed by atoms with Gasteiger partial charge in [0.05, 0.1) is 64.9 Å². The number of allylic oxidation sites excluding steroid dienone is 3. The Kier molecular flexibility index (Phi) is 11.4. The number of ether oxygens (including phenoxy) is 1. The molecule has 14 heteroatoms. The summed E-state index contributed by atoms with van der Waals surface area (Å²) in [5.74, 6) is -4.94. The highest BCUT2D eigenvalue weighted by molar-refractivity contribution is 6.24. The van der Waals surface area contributed by atoms with Crippen molar-refractivity contribution in [1.82, 2.24) is 0 Å². The molecule has 3 fully saturated rings. The van der Waals surface area contributed by atoms with E-state index in [0.717, 1.165) is 16.9 Å². The van der Waals surface area contributed by atoms with Gasteiger partial charge in [0.25, 0.3) is 0 Å². The van der Waals surface area contributed by atoms with Crippen LogP contribution in [0.1, 0.15) is 18.4 Å². The average Bonchev–Trinajstić information content (AvgIpc) is 3.73. The zero-order valence-corrected chi connectivity index (χ0v) is 36.6. The van der Waals surface area contributed by atoms with Crippen LogP contribution in [0.15, 0.2) is 153 Å². The van der Waals surface area contributed by atoms with Crippen molar-refractivity contribution in [3.05, 3.63) is 139 Å². The predicted octanol–water partition coefficient (Wildman–Crippen LogP) is 9.95. The molecule has 14 nitrogen and oxygen atoms in total. The largest absolute Gasteiger partial charge is 0.504 e. The first-order chi connectivity index (χ1) is 31.4. The Balaban J connectivity index is 0.987. The second-order valence-corrected chi connectivity index (χ2v) is 17.1. The molecule has 0 bridgehead atoms. The lowest BCUT2D eigenvalue weighted by Gasteiger charge is -2.42. The van der Waals surface area contributed by atoms with Crippen LogP contribution in [0.5, 0.6) is 11.5 Å². The molecule has 1 saturated carbocycles. The minimum absolute atomic E-state index is 0.0131. The van der Waals surface area contributed by atoms with Crippen LogP contribution in [0.25, 0.3) is 6.08 Å². The van der Waals surface area contributed by atoms with E-state index in [4.69, 9.17) is 4.74 Å². The lowest BCUT2D eigenvalue weighted by Crippen LogP contribution is -2.43. The van der Waals surface area contributed by atoms with E-state index in [0.29, 0.717) is 46.1 Å². The van der Waals surface area contributed by atoms with Crippen LogP contribution in [0, 0.1) is 35.5 Å². The molecule has 2 saturated heterocycles. The zero-order valence-electron chi connectivity index (χ0n) is 36.6. The maximum Gasteiger partial charge on any atom is 0.238 e. The molecule has 4 aliphatic rings. The summed E-state index contributed by atoms with van der Waals surface area (Å²) in [6, 6.07) is 33.9. The number of hydrogen-bond acceptors (Lipinski definition) is 12. The van der Waals surface area contributed by atoms with Crippen molar-refractivity contribution in [3.8, 4) is 11.5 Å². The Labute approximate surface area is 376 Å². The summed E-state index contributed by atoms with van der Waals surface area (Å²) in [6.45, 7) is 0. The molecule has 65 heavy (non-hydrogen) atoms. The third-order valence-electron chi connectivity index (χ3n) is 12.9. The van der Waals surface area contributed by atoms with Crippen LogP contribution in [0.3, 0.4) is 0 Å². The monoisotopic (exact) mass is 868 g/mol. The first-order valence-corrected chi connectivity index (χ1v) is 21.5. The number of nitrogens with zero attached hydrogens (tertiary/aromatic N) is 8. The molecule has 1 N–H and O–H groups in total. The molecule has 328 valence electrons. The Morgan fingerprint density at radius 2 is 1.05 bits per heavy atom. The summed E-state index contributed by atoms with van der Waals surface area (Å²) in [5, 5.41) is 27.7. The summed E-state index contributed by atoms with van der Waals surface area (Å²) in [5.41, 5.74) is 6.98. The van der Waals surface area contributed by atoms with Gasteiger partial charge in [-0.1, -0.05) is 29.9 Å². The van der Waals surface area contributed by atoms with Gasteiger partial charge in [-0.2, -0.15) is 20.5 Å². The molecular weight excluding hydrogens is 821 g/mol. The van der Waals surface area contributed by atoms with Gasteiger partial charge in [-0.15, -0.1) is 0 Å². The third kappa shape index (κ3) is 8.07. The second kappa shape index (κ2) is 17.4. The van der Waals surface area contributed by atoms with Gasteiger partial charge in [0.2, 0.25) is 23.6 Å². The van der Waals surface area contributed by atoms with Crippen molar-refractivity contribution < 1.29 is 29.0 Å². The van der Waals surface area contributed by atoms with Crippen molar-refractivity contribution in [1.29, 1.82) is 0 Å². The smallest absolute Gasteiger partial charge is 0.238 e. The highest BCUT2D eigenvalue weighted by atomic mass is 16.5. The van der Waals surface area contributed by atoms with E-state index < -0.39 is 35.5 Å². The van der Waals surface area contributed by atoms with Crippen molar-refractivity contribution in [2.75, 3.05) is 54.9 Å². The van der Waals surface area contributed by atoms with Gasteiger partial charge in [0, 0.05) is 45.5 Å². The molecule has 5 aromatic rings. The maximum absolute atomic E-state index is 14.6. The number of rotatable bonds is 11. The molecule has 6 unspecified atom stereocenters. The first-order valence-electron chi connectivity index (χ1n) is 21.5. The first kappa shape index (κ1) is 42.6. The topological polar surface area (TPSA) is 160 Å². The number of phenols is 1. The number of amides is 4. The number of methoxy groups -OCH3 is 1. The molecule has 2 aliphatic heterocycles. The van der Waals surface area contributed by atoms with Gasteiger partial charge >= 0.3 is 0 Å². The van der Waals surface area contributed by atoms with E-state index in [2.05, 4.69) is 20.5 Å². The number of phenolic OH excluding ortho intramolecular Hbond substituents is 1. The van der Waals surface area contributed by atoms with Crippen molar-refractivity contribution in [3.63, 3.8) is 0 Å². The minimum Gasteiger partial charge on any atom is -0.504 e. The highest BCUT2D eigenvalue weighted by Crippen LogP contribution is 2.56. The summed E-state index contributed by atoms with van der Waals surface area (Å²) in [4.78, 5) is 64.5. The Morgan fingerprint density at radius 3 is 1.52 bits per heavy atom. The van der Waals surface area contributed by atoms with Crippen LogP contribution in [0.4, 0.5) is 45.5 Å². The Bertz CT molecular complexity index is 2780. The van der Waals surface area contributed by atoms with Crippen LogP contribution >= 0.6 is 0 Å². The standard InChI is InChI=1S/C51H48N8O6/c1-56(2)35-16-8-31(9-17-35)52-54-33-12-20-37(21-13-33)58-48(61)41-26-25-39-40(24-6-30-7-27-44(60)45(28-30)65-5)46-43(29-42(39)47(41)51(58)64)49(62)59(50(46)63)38-22-14-34(15-23-38)55-53-32-10-18-36(19-11-32)57(3)4/h6-25,27-28,40-43,46-47,60H,26,29H2,1-5H3. The molecule has 0 aromatic heterocycles. The summed E-state index contributed by atoms with van der Waals surface area (Å²) >= 11 is 0. The molecule has 9 rings (SSSR count). The second-order valence-electron chi connectivity index (χ2n) is 17.1. The molecule has 4 amide bonds. The van der Waals surface area contributed by atoms with Crippen LogP contribution in [0.2, 0.25) is 0 Å². The third-order valence-corrected chi connectivity index (χ3v) is 12.9. The quantitative estimate of drug-likeness (QED) is 0.0780. The number of azo groups is 2. The van der Waals surface area contributed by atoms with Crippen LogP contribution in [-0.4, -0.2) is 64.0 Å². The molecular formula is C51H48N8O6. The van der Waals surface area contributed by atoms with E-state index in [-0.39, 0.29) is 41.5 Å². The fourth-order valence-corrected chi connectivity index (χ4v) is 9.57. The lowest BCUT2D eigenvalue weighted by molar-refractivity contribution is -0.126. The number of imide groups is 2. The van der Waals surface area contributed by atoms with Gasteiger partial charge in [-0.3, -0.25) is 29.0 Å². The zero-order chi connectivity index (χ0) is 45.5. The van der Waals surface area contributed by atoms with Gasteiger partial charge in [0.15, 0.2) is 11.5 Å². The molecule has 0 spiro atoms. The van der Waals surface area contributed by atoms with Crippen molar-refractivity contribution >= 4 is 75.2 Å². The minimum atomic E-state index is -0.753. The number of hydrogen-bond donors (Lipinski definition) is 1. The molecule has 2 heterocycles. The van der Waals surface area contributed by atoms with Crippen LogP contribution < -0.4 is 24.3 Å². The molecule has 0 radical (unpaired) electrons. The van der Waals surface area contributed by atoms with E-state index in [1.165, 1.54) is 23.0 Å². The Morgan fingerprint density at radius 1 is 0.585 bits per heavy atom. The van der Waals surface area contributed by atoms with Gasteiger partial charge < -0.3 is 19.6 Å². The van der Waals surface area contributed by atoms with E-state index in [1.807, 2.05) is 105 Å². The highest BCUT2D eigenvalue weighted by Gasteiger charge is 2.61. The summed E-state index contributed by atoms with van der Waals surface area (Å²) < 4.78 is 5.35. The SMILES string of the molecule is COc1cc(C=CC2C3=CCC4C(=O)N(c5ccc(N=Nc6ccc(N(C)C)cc6)cc5)C(=O)C4C3CC3C(=O)N(c4ccc(N=Nc5ccc(N(C)C)cc5)cc4)C(=O)C23)ccc1O. The van der Waals surface area contributed by atoms with Crippen molar-refractivity contribution in [2.45, 2.75) is 12.8 Å². The average molecular weight is 869 g/mol. The van der Waals surface area contributed by atoms with Gasteiger partial charge in [-0.25, -0.2) is 0 Å². The fourth-order valence-electron chi connectivity index (χ4n) is 9.57. The fraction of sp³-hybridized carbons (Fsp3) is 0.255. The lowest BCUT2D eigenvalue weighted by atomic mass is 9.58. The van der Waals surface area contributed by atoms with Gasteiger partial charge in [0.1, 0.15) is 0 Å². The number of fused-ring (bicyclic) bond motifs is 4. The summed E-state index contributed by atoms with van der Waals surface area (Å²) in [7, 11) is 9.32. The Hall–Kier alpha value is -7.74. The van der Waals surface area contributed by atoms with Gasteiger partial charge in [-0.05, 0) is 134 Å². The number of carbonyl (C=O) groups excluding carboxylic acids is 4. The molecule has 6 atom stereocenters. The molecule has 5 aromatic carbocycles. The number of benzene rings is 5. The normalized spacial score (nSPS) is 22.8.